The van der Waals surface area contributed by atoms with Crippen LogP contribution in [0.1, 0.15) is 40.8 Å². The van der Waals surface area contributed by atoms with Crippen molar-refractivity contribution < 1.29 is 14.3 Å². The number of rotatable bonds is 5. The van der Waals surface area contributed by atoms with Crippen LogP contribution in [-0.2, 0) is 19.4 Å². The minimum absolute atomic E-state index is 0.156. The summed E-state index contributed by atoms with van der Waals surface area (Å²) in [5.74, 6) is 0.272. The summed E-state index contributed by atoms with van der Waals surface area (Å²) >= 11 is 0. The van der Waals surface area contributed by atoms with Crippen molar-refractivity contribution in [1.29, 1.82) is 0 Å². The molecule has 0 saturated carbocycles. The fraction of sp³-hybridized carbons (Fsp3) is 0.344. The summed E-state index contributed by atoms with van der Waals surface area (Å²) in [4.78, 5) is 36.9. The number of H-pyrrole nitrogens is 2. The number of amides is 1. The maximum atomic E-state index is 14.2. The van der Waals surface area contributed by atoms with Crippen LogP contribution in [0.3, 0.4) is 0 Å². The van der Waals surface area contributed by atoms with Gasteiger partial charge in [0.15, 0.2) is 17.4 Å². The van der Waals surface area contributed by atoms with Gasteiger partial charge in [0.1, 0.15) is 17.2 Å². The van der Waals surface area contributed by atoms with Gasteiger partial charge in [-0.05, 0) is 67.4 Å². The van der Waals surface area contributed by atoms with E-state index in [1.807, 2.05) is 25.1 Å². The molecule has 0 bridgehead atoms. The van der Waals surface area contributed by atoms with Crippen molar-refractivity contribution in [1.82, 2.24) is 39.9 Å². The molecule has 7 rings (SSSR count). The molecule has 2 aromatic carbocycles. The Morgan fingerprint density at radius 3 is 2.77 bits per heavy atom. The van der Waals surface area contributed by atoms with Gasteiger partial charge in [-0.25, -0.2) is 19.3 Å². The highest BCUT2D eigenvalue weighted by molar-refractivity contribution is 5.94. The highest BCUT2D eigenvalue weighted by atomic mass is 19.1. The molecule has 44 heavy (non-hydrogen) atoms. The predicted molar refractivity (Wildman–Crippen MR) is 165 cm³/mol. The Hall–Kier alpha value is -4.84. The summed E-state index contributed by atoms with van der Waals surface area (Å²) in [7, 11) is 2.13. The molecule has 0 spiro atoms. The van der Waals surface area contributed by atoms with Crippen LogP contribution in [0.15, 0.2) is 42.7 Å². The van der Waals surface area contributed by atoms with Gasteiger partial charge in [-0.3, -0.25) is 9.89 Å². The number of carbonyl (C=O) groups is 1. The molecule has 3 aromatic heterocycles. The van der Waals surface area contributed by atoms with Crippen molar-refractivity contribution in [2.24, 2.45) is 0 Å². The lowest BCUT2D eigenvalue weighted by Gasteiger charge is -2.26. The van der Waals surface area contributed by atoms with E-state index in [9.17, 15) is 14.3 Å². The molecule has 1 fully saturated rings. The molecule has 5 heterocycles. The van der Waals surface area contributed by atoms with E-state index in [1.54, 1.807) is 17.3 Å². The highest BCUT2D eigenvalue weighted by Crippen LogP contribution is 2.34. The maximum absolute atomic E-state index is 14.2. The normalized spacial score (nSPS) is 15.9. The monoisotopic (exact) mass is 595 g/mol. The summed E-state index contributed by atoms with van der Waals surface area (Å²) in [5, 5.41) is 18.3. The lowest BCUT2D eigenvalue weighted by atomic mass is 9.96. The molecule has 0 aliphatic carbocycles. The second-order valence-electron chi connectivity index (χ2n) is 11.5. The van der Waals surface area contributed by atoms with E-state index in [0.29, 0.717) is 43.1 Å². The Kier molecular flexibility index (Phi) is 7.21. The molecular formula is C32H34FN9O2. The average Bonchev–Trinajstić information content (AvgIpc) is 3.60. The molecule has 226 valence electrons. The number of fused-ring (bicyclic) bond motifs is 2. The third kappa shape index (κ3) is 5.15. The molecule has 1 saturated heterocycles. The number of aromatic amines is 2. The zero-order valence-electron chi connectivity index (χ0n) is 24.8. The second-order valence-corrected chi connectivity index (χ2v) is 11.5. The van der Waals surface area contributed by atoms with E-state index >= 15 is 0 Å². The van der Waals surface area contributed by atoms with Crippen LogP contribution in [0.5, 0.6) is 5.75 Å². The number of carbonyl (C=O) groups excluding carboxylic acids is 1. The van der Waals surface area contributed by atoms with Crippen LogP contribution in [-0.4, -0.2) is 90.7 Å². The standard InChI is InChI=1S/C32H34FN9O2/c1-3-19-14-28(43)23(33)15-22(19)20-5-6-21-25(13-20)38-39-30(21)31-36-24-7-10-42(18-27(24)37-31)32(44)26-16-35-29(17-34-26)41-9-4-8-40(2)11-12-41/h5-6,13-17,43H,3-4,7-12,18H2,1-2H3,(H,36,37)(H,38,39). The largest absolute Gasteiger partial charge is 0.505 e. The first-order chi connectivity index (χ1) is 21.4. The fourth-order valence-corrected chi connectivity index (χ4v) is 6.15. The fourth-order valence-electron chi connectivity index (χ4n) is 6.15. The van der Waals surface area contributed by atoms with Crippen molar-refractivity contribution >= 4 is 22.6 Å². The van der Waals surface area contributed by atoms with Crippen molar-refractivity contribution in [3.05, 3.63) is 71.2 Å². The smallest absolute Gasteiger partial charge is 0.274 e. The van der Waals surface area contributed by atoms with E-state index in [2.05, 4.69) is 42.0 Å². The summed E-state index contributed by atoms with van der Waals surface area (Å²) in [5.41, 5.74) is 5.99. The molecule has 0 radical (unpaired) electrons. The van der Waals surface area contributed by atoms with Crippen molar-refractivity contribution in [3.63, 3.8) is 0 Å². The van der Waals surface area contributed by atoms with Crippen molar-refractivity contribution in [2.45, 2.75) is 32.7 Å². The molecule has 1 amide bonds. The number of imidazole rings is 1. The van der Waals surface area contributed by atoms with E-state index in [1.165, 1.54) is 12.1 Å². The van der Waals surface area contributed by atoms with Crippen molar-refractivity contribution in [2.75, 3.05) is 44.7 Å². The molecular weight excluding hydrogens is 561 g/mol. The predicted octanol–water partition coefficient (Wildman–Crippen LogP) is 4.16. The number of nitrogens with one attached hydrogen (secondary N) is 2. The number of hydrogen-bond donors (Lipinski definition) is 3. The average molecular weight is 596 g/mol. The third-order valence-electron chi connectivity index (χ3n) is 8.67. The van der Waals surface area contributed by atoms with Gasteiger partial charge < -0.3 is 24.8 Å². The Bertz CT molecular complexity index is 1850. The van der Waals surface area contributed by atoms with E-state index in [-0.39, 0.29) is 11.7 Å². The zero-order chi connectivity index (χ0) is 30.4. The van der Waals surface area contributed by atoms with Gasteiger partial charge in [-0.1, -0.05) is 13.0 Å². The van der Waals surface area contributed by atoms with Crippen LogP contribution in [0, 0.1) is 5.82 Å². The van der Waals surface area contributed by atoms with E-state index in [4.69, 9.17) is 4.98 Å². The molecule has 0 unspecified atom stereocenters. The molecule has 5 aromatic rings. The topological polar surface area (TPSA) is 130 Å². The number of phenolic OH excluding ortho intramolecular Hbond substituents is 1. The molecule has 0 atom stereocenters. The molecule has 3 N–H and O–H groups in total. The lowest BCUT2D eigenvalue weighted by molar-refractivity contribution is 0.0725. The van der Waals surface area contributed by atoms with Crippen LogP contribution in [0.4, 0.5) is 10.2 Å². The summed E-state index contributed by atoms with van der Waals surface area (Å²) in [6.45, 7) is 6.74. The van der Waals surface area contributed by atoms with Gasteiger partial charge in [-0.15, -0.1) is 0 Å². The minimum atomic E-state index is -0.652. The molecule has 12 heteroatoms. The van der Waals surface area contributed by atoms with Gasteiger partial charge in [0.05, 0.1) is 35.8 Å². The highest BCUT2D eigenvalue weighted by Gasteiger charge is 2.27. The molecule has 2 aliphatic rings. The van der Waals surface area contributed by atoms with E-state index in [0.717, 1.165) is 77.4 Å². The van der Waals surface area contributed by atoms with Gasteiger partial charge in [0.25, 0.3) is 5.91 Å². The Balaban J connectivity index is 1.08. The number of aromatic nitrogens is 6. The van der Waals surface area contributed by atoms with Gasteiger partial charge in [0.2, 0.25) is 0 Å². The number of phenols is 1. The minimum Gasteiger partial charge on any atom is -0.505 e. The number of likely N-dealkylation sites (N-methyl/N-ethyl adjacent to an activating group) is 1. The number of aryl methyl sites for hydroxylation is 1. The third-order valence-corrected chi connectivity index (χ3v) is 8.67. The van der Waals surface area contributed by atoms with Crippen LogP contribution >= 0.6 is 0 Å². The number of aromatic hydroxyl groups is 1. The first-order valence-electron chi connectivity index (χ1n) is 15.0. The van der Waals surface area contributed by atoms with Gasteiger partial charge >= 0.3 is 0 Å². The number of hydrogen-bond acceptors (Lipinski definition) is 8. The van der Waals surface area contributed by atoms with Gasteiger partial charge in [0, 0.05) is 38.0 Å². The quantitative estimate of drug-likeness (QED) is 0.276. The zero-order valence-corrected chi connectivity index (χ0v) is 24.8. The van der Waals surface area contributed by atoms with Crippen LogP contribution in [0.2, 0.25) is 0 Å². The Morgan fingerprint density at radius 2 is 1.95 bits per heavy atom. The first kappa shape index (κ1) is 28.0. The van der Waals surface area contributed by atoms with E-state index < -0.39 is 5.82 Å². The number of halogens is 1. The summed E-state index contributed by atoms with van der Waals surface area (Å²) < 4.78 is 14.2. The first-order valence-corrected chi connectivity index (χ1v) is 15.0. The number of anilines is 1. The van der Waals surface area contributed by atoms with Gasteiger partial charge in [-0.2, -0.15) is 5.10 Å². The number of benzene rings is 2. The lowest BCUT2D eigenvalue weighted by Crippen LogP contribution is -2.36. The second kappa shape index (κ2) is 11.3. The van der Waals surface area contributed by atoms with Crippen LogP contribution in [0.25, 0.3) is 33.5 Å². The van der Waals surface area contributed by atoms with Crippen LogP contribution < -0.4 is 4.90 Å². The summed E-state index contributed by atoms with van der Waals surface area (Å²) in [6, 6.07) is 8.64. The number of nitrogens with zero attached hydrogens (tertiary/aromatic N) is 7. The Morgan fingerprint density at radius 1 is 1.07 bits per heavy atom. The SMILES string of the molecule is CCc1cc(O)c(F)cc1-c1ccc2c(-c3nc4c([nH]3)CN(C(=O)c3cnc(N5CCCN(C)CC5)cn3)CC4)n[nH]c2c1. The summed E-state index contributed by atoms with van der Waals surface area (Å²) in [6.07, 6.45) is 5.62. The van der Waals surface area contributed by atoms with Crippen molar-refractivity contribution in [3.8, 4) is 28.4 Å². The Labute approximate surface area is 253 Å². The molecule has 2 aliphatic heterocycles. The molecule has 11 nitrogen and oxygen atoms in total. The maximum Gasteiger partial charge on any atom is 0.274 e.